The monoisotopic (exact) mass is 265 g/mol. The number of halogens is 1. The highest BCUT2D eigenvalue weighted by Gasteiger charge is 2.50. The third-order valence-corrected chi connectivity index (χ3v) is 3.77. The summed E-state index contributed by atoms with van der Waals surface area (Å²) in [7, 11) is 0. The van der Waals surface area contributed by atoms with Crippen LogP contribution in [-0.2, 0) is 9.59 Å². The molecule has 0 saturated heterocycles. The van der Waals surface area contributed by atoms with Crippen LogP contribution in [0.15, 0.2) is 0 Å². The number of hydrogen-bond donors (Lipinski definition) is 3. The number of nitrogens with two attached hydrogens (primary N) is 1. The summed E-state index contributed by atoms with van der Waals surface area (Å²) >= 11 is 3.21. The smallest absolute Gasteiger partial charge is 0.319 e. The maximum atomic E-state index is 11.1. The van der Waals surface area contributed by atoms with E-state index >= 15 is 0 Å². The molecule has 6 heteroatoms. The van der Waals surface area contributed by atoms with E-state index in [4.69, 9.17) is 10.8 Å². The molecule has 0 radical (unpaired) electrons. The zero-order chi connectivity index (χ0) is 10.9. The van der Waals surface area contributed by atoms with Gasteiger partial charge in [0.1, 0.15) is 5.41 Å². The minimum absolute atomic E-state index is 0.117. The molecule has 0 unspecified atom stereocenters. The Morgan fingerprint density at radius 3 is 2.43 bits per heavy atom. The maximum Gasteiger partial charge on any atom is 0.319 e. The van der Waals surface area contributed by atoms with Crippen LogP contribution in [0.3, 0.4) is 0 Å². The van der Waals surface area contributed by atoms with Crippen molar-refractivity contribution in [2.24, 2.45) is 11.1 Å². The van der Waals surface area contributed by atoms with Crippen LogP contribution < -0.4 is 5.73 Å². The largest absolute Gasteiger partial charge is 0.480 e. The molecule has 80 valence electrons. The lowest BCUT2D eigenvalue weighted by Gasteiger charge is -2.35. The number of carbonyl (C=O) groups is 2. The second-order valence-electron chi connectivity index (χ2n) is 3.58. The number of hydrogen-bond acceptors (Lipinski definition) is 3. The molecule has 1 rings (SSSR count). The first-order valence-electron chi connectivity index (χ1n) is 4.25. The first-order chi connectivity index (χ1) is 6.40. The Morgan fingerprint density at radius 2 is 2.07 bits per heavy atom. The van der Waals surface area contributed by atoms with Gasteiger partial charge >= 0.3 is 5.97 Å². The Labute approximate surface area is 89.4 Å². The predicted molar refractivity (Wildman–Crippen MR) is 51.8 cm³/mol. The Kier molecular flexibility index (Phi) is 3.16. The Morgan fingerprint density at radius 1 is 1.50 bits per heavy atom. The van der Waals surface area contributed by atoms with Crippen molar-refractivity contribution in [1.82, 2.24) is 0 Å². The zero-order valence-corrected chi connectivity index (χ0v) is 9.03. The number of amides is 1. The van der Waals surface area contributed by atoms with Crippen molar-refractivity contribution in [3.05, 3.63) is 0 Å². The first kappa shape index (κ1) is 11.5. The lowest BCUT2D eigenvalue weighted by Crippen LogP contribution is -2.50. The van der Waals surface area contributed by atoms with E-state index in [1.165, 1.54) is 0 Å². The second-order valence-corrected chi connectivity index (χ2v) is 4.75. The summed E-state index contributed by atoms with van der Waals surface area (Å²) in [6, 6.07) is 0. The van der Waals surface area contributed by atoms with Crippen LogP contribution in [0.25, 0.3) is 0 Å². The van der Waals surface area contributed by atoms with Crippen molar-refractivity contribution in [3.63, 3.8) is 0 Å². The second kappa shape index (κ2) is 3.86. The molecule has 0 aromatic heterocycles. The van der Waals surface area contributed by atoms with Gasteiger partial charge in [-0.2, -0.15) is 0 Å². The normalized spacial score (nSPS) is 37.9. The molecule has 1 amide bonds. The standard InChI is InChI=1S/C8H12BrNO4/c9-4-1-2-8(6(10)12,7(13)14)3-5(4)11/h4-5,11H,1-3H2,(H2,10,12)(H,13,14)/t4-,5+,8+/m0/s1. The molecule has 1 saturated carbocycles. The number of primary amides is 1. The number of aliphatic hydroxyl groups excluding tert-OH is 1. The molecule has 0 aliphatic heterocycles. The van der Waals surface area contributed by atoms with E-state index in [9.17, 15) is 14.7 Å². The topological polar surface area (TPSA) is 101 Å². The maximum absolute atomic E-state index is 11.1. The molecule has 14 heavy (non-hydrogen) atoms. The molecular formula is C8H12BrNO4. The number of carboxylic acid groups (broad SMARTS) is 1. The highest BCUT2D eigenvalue weighted by Crippen LogP contribution is 2.39. The van der Waals surface area contributed by atoms with Crippen molar-refractivity contribution >= 4 is 27.8 Å². The summed E-state index contributed by atoms with van der Waals surface area (Å²) in [5, 5.41) is 18.4. The van der Waals surface area contributed by atoms with Crippen molar-refractivity contribution in [3.8, 4) is 0 Å². The Balaban J connectivity index is 2.91. The summed E-state index contributed by atoms with van der Waals surface area (Å²) in [5.74, 6) is -2.12. The van der Waals surface area contributed by atoms with Gasteiger partial charge in [-0.25, -0.2) is 0 Å². The lowest BCUT2D eigenvalue weighted by molar-refractivity contribution is -0.159. The minimum Gasteiger partial charge on any atom is -0.480 e. The van der Waals surface area contributed by atoms with Crippen LogP contribution in [0.2, 0.25) is 0 Å². The fourth-order valence-corrected chi connectivity index (χ4v) is 2.10. The zero-order valence-electron chi connectivity index (χ0n) is 7.44. The molecule has 1 aliphatic rings. The Hall–Kier alpha value is -0.620. The molecule has 0 aromatic carbocycles. The van der Waals surface area contributed by atoms with E-state index in [-0.39, 0.29) is 17.7 Å². The van der Waals surface area contributed by atoms with E-state index in [2.05, 4.69) is 15.9 Å². The molecule has 1 aliphatic carbocycles. The van der Waals surface area contributed by atoms with Crippen LogP contribution >= 0.6 is 15.9 Å². The molecular weight excluding hydrogens is 254 g/mol. The van der Waals surface area contributed by atoms with Gasteiger partial charge in [-0.1, -0.05) is 15.9 Å². The number of aliphatic carboxylic acids is 1. The molecule has 3 atom stereocenters. The van der Waals surface area contributed by atoms with E-state index < -0.39 is 23.4 Å². The lowest BCUT2D eigenvalue weighted by atomic mass is 9.72. The SMILES string of the molecule is NC(=O)[C@@]1(C(=O)O)CC[C@H](Br)[C@H](O)C1. The molecule has 1 fully saturated rings. The number of aliphatic hydroxyl groups is 1. The molecule has 0 bridgehead atoms. The molecule has 4 N–H and O–H groups in total. The van der Waals surface area contributed by atoms with E-state index in [0.717, 1.165) is 0 Å². The average molecular weight is 266 g/mol. The third-order valence-electron chi connectivity index (χ3n) is 2.70. The fraction of sp³-hybridized carbons (Fsp3) is 0.750. The van der Waals surface area contributed by atoms with Crippen molar-refractivity contribution in [1.29, 1.82) is 0 Å². The summed E-state index contributed by atoms with van der Waals surface area (Å²) in [5.41, 5.74) is 3.47. The van der Waals surface area contributed by atoms with Crippen LogP contribution in [0.1, 0.15) is 19.3 Å². The summed E-state index contributed by atoms with van der Waals surface area (Å²) < 4.78 is 0. The highest BCUT2D eigenvalue weighted by atomic mass is 79.9. The van der Waals surface area contributed by atoms with Crippen LogP contribution in [0.4, 0.5) is 0 Å². The van der Waals surface area contributed by atoms with Crippen LogP contribution in [0, 0.1) is 5.41 Å². The molecule has 5 nitrogen and oxygen atoms in total. The van der Waals surface area contributed by atoms with E-state index in [1.54, 1.807) is 0 Å². The quantitative estimate of drug-likeness (QED) is 0.478. The van der Waals surface area contributed by atoms with Gasteiger partial charge in [-0.15, -0.1) is 0 Å². The number of carbonyl (C=O) groups excluding carboxylic acids is 1. The number of rotatable bonds is 2. The van der Waals surface area contributed by atoms with Gasteiger partial charge in [-0.05, 0) is 19.3 Å². The van der Waals surface area contributed by atoms with E-state index in [0.29, 0.717) is 6.42 Å². The van der Waals surface area contributed by atoms with Crippen molar-refractivity contribution < 1.29 is 19.8 Å². The van der Waals surface area contributed by atoms with Gasteiger partial charge in [0, 0.05) is 4.83 Å². The molecule has 0 aromatic rings. The first-order valence-corrected chi connectivity index (χ1v) is 5.17. The van der Waals surface area contributed by atoms with Gasteiger partial charge in [0.05, 0.1) is 6.10 Å². The van der Waals surface area contributed by atoms with Crippen LogP contribution in [0.5, 0.6) is 0 Å². The number of carboxylic acids is 1. The third kappa shape index (κ3) is 1.76. The van der Waals surface area contributed by atoms with Crippen LogP contribution in [-0.4, -0.2) is 33.0 Å². The van der Waals surface area contributed by atoms with Crippen molar-refractivity contribution in [2.45, 2.75) is 30.2 Å². The van der Waals surface area contributed by atoms with Gasteiger partial charge in [0.15, 0.2) is 0 Å². The summed E-state index contributed by atoms with van der Waals surface area (Å²) in [6.45, 7) is 0. The Bertz CT molecular complexity index is 254. The fourth-order valence-electron chi connectivity index (χ4n) is 1.69. The number of alkyl halides is 1. The minimum atomic E-state index is -1.59. The predicted octanol–water partition coefficient (Wildman–Crippen LogP) is -0.149. The molecule has 0 spiro atoms. The van der Waals surface area contributed by atoms with Gasteiger partial charge in [0.2, 0.25) is 5.91 Å². The summed E-state index contributed by atoms with van der Waals surface area (Å²) in [6.07, 6.45) is -0.360. The summed E-state index contributed by atoms with van der Waals surface area (Å²) in [4.78, 5) is 21.9. The van der Waals surface area contributed by atoms with Gasteiger partial charge in [0.25, 0.3) is 0 Å². The van der Waals surface area contributed by atoms with Gasteiger partial charge < -0.3 is 15.9 Å². The van der Waals surface area contributed by atoms with Gasteiger partial charge in [-0.3, -0.25) is 9.59 Å². The van der Waals surface area contributed by atoms with Crippen molar-refractivity contribution in [2.75, 3.05) is 0 Å². The average Bonchev–Trinajstić information content (AvgIpc) is 2.09. The highest BCUT2D eigenvalue weighted by molar-refractivity contribution is 9.09. The molecule has 0 heterocycles. The van der Waals surface area contributed by atoms with E-state index in [1.807, 2.05) is 0 Å².